The Kier molecular flexibility index (Phi) is 101. The molecule has 1 rings (SSSR count). The predicted molar refractivity (Wildman–Crippen MR) is 542 cm³/mol. The summed E-state index contributed by atoms with van der Waals surface area (Å²) in [5.74, 6) is -0.630. The summed E-state index contributed by atoms with van der Waals surface area (Å²) in [5, 5.41) is 0. The van der Waals surface area contributed by atoms with Crippen molar-refractivity contribution in [3.05, 3.63) is 0 Å². The van der Waals surface area contributed by atoms with Crippen molar-refractivity contribution >= 4 is 17.9 Å². The van der Waals surface area contributed by atoms with Gasteiger partial charge in [0.05, 0.1) is 18.1 Å². The van der Waals surface area contributed by atoms with Crippen LogP contribution < -0.4 is 0 Å². The lowest BCUT2D eigenvalue weighted by molar-refractivity contribution is -0.170. The first kappa shape index (κ1) is 119. The Hall–Kier alpha value is -1.63. The largest absolute Gasteiger partial charge is 0.465 e. The number of carbonyl (C=O) groups is 3. The number of carbonyl (C=O) groups excluding carboxylic acids is 3. The summed E-state index contributed by atoms with van der Waals surface area (Å²) < 4.78 is 26.2. The van der Waals surface area contributed by atoms with Gasteiger partial charge in [-0.3, -0.25) is 14.4 Å². The van der Waals surface area contributed by atoms with E-state index in [1.165, 1.54) is 565 Å². The molecule has 0 aromatic rings. The monoisotopic (exact) mass is 1730 g/mol. The van der Waals surface area contributed by atoms with Gasteiger partial charge in [-0.25, -0.2) is 0 Å². The highest BCUT2D eigenvalue weighted by Gasteiger charge is 2.38. The van der Waals surface area contributed by atoms with Crippen LogP contribution in [0.2, 0.25) is 0 Å². The van der Waals surface area contributed by atoms with Crippen molar-refractivity contribution in [2.24, 2.45) is 5.41 Å². The van der Waals surface area contributed by atoms with Gasteiger partial charge < -0.3 is 18.9 Å². The molecule has 0 heterocycles. The van der Waals surface area contributed by atoms with Crippen LogP contribution in [0.3, 0.4) is 0 Å². The lowest BCUT2D eigenvalue weighted by Gasteiger charge is -2.33. The van der Waals surface area contributed by atoms with Crippen molar-refractivity contribution in [1.29, 1.82) is 0 Å². The van der Waals surface area contributed by atoms with Gasteiger partial charge in [0, 0.05) is 19.3 Å². The number of unbranched alkanes of at least 4 members (excludes halogenated alkanes) is 72. The maximum atomic E-state index is 14.0. The molecule has 1 aliphatic carbocycles. The van der Waals surface area contributed by atoms with Crippen LogP contribution in [0.25, 0.3) is 0 Å². The number of ether oxygens (including phenoxy) is 4. The van der Waals surface area contributed by atoms with Crippen LogP contribution in [0, 0.1) is 5.41 Å². The highest BCUT2D eigenvalue weighted by molar-refractivity contribution is 5.70. The van der Waals surface area contributed by atoms with Gasteiger partial charge in [-0.15, -0.1) is 0 Å². The third kappa shape index (κ3) is 96.3. The molecule has 0 amide bonds. The van der Waals surface area contributed by atoms with E-state index in [1.807, 2.05) is 0 Å². The summed E-state index contributed by atoms with van der Waals surface area (Å²) >= 11 is 0. The maximum Gasteiger partial charge on any atom is 0.305 e. The Labute approximate surface area is 773 Å². The molecule has 1 fully saturated rings. The summed E-state index contributed by atoms with van der Waals surface area (Å²) in [6, 6.07) is 0. The first-order valence-corrected chi connectivity index (χ1v) is 58.0. The second kappa shape index (κ2) is 104. The standard InChI is InChI=1S/C116H226O7/c1-4-7-10-13-16-19-22-25-28-31-34-37-40-43-50-55-60-65-70-75-80-85-90-95-100-105-113(117)121-109-116(108-120-112-103-98-93-88-83-78-73-68-63-58-53-48-46-47-49-54-59-64-69-74-79-84-89-94-99-104-112,110-122-114(118)106-101-96-91-86-81-76-71-66-61-56-51-44-41-38-35-32-29-26-23-20-17-14-11-8-5-2)111-123-115(119)107-102-97-92-87-82-77-72-67-62-57-52-45-42-39-36-33-30-27-24-21-18-15-12-9-6-3/h112H,4-111H2,1-3H3. The summed E-state index contributed by atoms with van der Waals surface area (Å²) in [7, 11) is 0. The molecular weight excluding hydrogens is 1510 g/mol. The van der Waals surface area contributed by atoms with E-state index in [9.17, 15) is 14.4 Å². The van der Waals surface area contributed by atoms with E-state index in [4.69, 9.17) is 18.9 Å². The van der Waals surface area contributed by atoms with Crippen LogP contribution in [-0.2, 0) is 33.3 Å². The molecule has 0 aromatic heterocycles. The molecule has 0 bridgehead atoms. The van der Waals surface area contributed by atoms with Crippen LogP contribution >= 0.6 is 0 Å². The Balaban J connectivity index is 2.94. The molecule has 123 heavy (non-hydrogen) atoms. The third-order valence-corrected chi connectivity index (χ3v) is 28.5. The summed E-state index contributed by atoms with van der Waals surface area (Å²) in [4.78, 5) is 41.9. The second-order valence-electron chi connectivity index (χ2n) is 41.2. The summed E-state index contributed by atoms with van der Waals surface area (Å²) in [6.45, 7) is 7.19. The van der Waals surface area contributed by atoms with E-state index in [0.717, 1.165) is 83.5 Å². The molecule has 0 unspecified atom stereocenters. The van der Waals surface area contributed by atoms with Crippen LogP contribution in [0.15, 0.2) is 0 Å². The van der Waals surface area contributed by atoms with Crippen LogP contribution in [0.5, 0.6) is 0 Å². The smallest absolute Gasteiger partial charge is 0.305 e. The SMILES string of the molecule is CCCCCCCCCCCCCCCCCCCCCCCCCCCC(=O)OCC(COC(=O)CCCCCCCCCCCCCCCCCCCCCCCCCCC)(COC(=O)CCCCCCCCCCCCCCCCCCCCCCCCCCC)COC1CCCCCCCCCCCCCCCCCCCCCCCCCC1. The number of rotatable bonds is 87. The molecule has 0 aliphatic heterocycles. The average molecular weight is 1730 g/mol. The highest BCUT2D eigenvalue weighted by Crippen LogP contribution is 2.29. The van der Waals surface area contributed by atoms with Crippen LogP contribution in [0.4, 0.5) is 0 Å². The molecule has 0 atom stereocenters. The minimum Gasteiger partial charge on any atom is -0.465 e. The van der Waals surface area contributed by atoms with Crippen molar-refractivity contribution < 1.29 is 33.3 Å². The van der Waals surface area contributed by atoms with Crippen LogP contribution in [-0.4, -0.2) is 50.4 Å². The van der Waals surface area contributed by atoms with Crippen molar-refractivity contribution in [2.75, 3.05) is 26.4 Å². The number of hydrogen-bond donors (Lipinski definition) is 0. The van der Waals surface area contributed by atoms with Crippen molar-refractivity contribution in [1.82, 2.24) is 0 Å². The molecule has 0 saturated heterocycles. The van der Waals surface area contributed by atoms with Gasteiger partial charge in [-0.1, -0.05) is 637 Å². The van der Waals surface area contributed by atoms with Crippen molar-refractivity contribution in [3.63, 3.8) is 0 Å². The van der Waals surface area contributed by atoms with E-state index in [-0.39, 0.29) is 50.4 Å². The molecule has 0 spiro atoms. The van der Waals surface area contributed by atoms with Gasteiger partial charge in [0.1, 0.15) is 19.8 Å². The van der Waals surface area contributed by atoms with Crippen LogP contribution in [0.1, 0.15) is 689 Å². The van der Waals surface area contributed by atoms with Gasteiger partial charge in [0.2, 0.25) is 0 Å². The zero-order chi connectivity index (χ0) is 88.0. The first-order valence-electron chi connectivity index (χ1n) is 58.0. The van der Waals surface area contributed by atoms with Gasteiger partial charge in [-0.2, -0.15) is 0 Å². The van der Waals surface area contributed by atoms with E-state index < -0.39 is 5.41 Å². The summed E-state index contributed by atoms with van der Waals surface area (Å²) in [6.07, 6.45) is 137. The quantitative estimate of drug-likeness (QED) is 0.0340. The van der Waals surface area contributed by atoms with E-state index in [1.54, 1.807) is 0 Å². The van der Waals surface area contributed by atoms with Crippen molar-refractivity contribution in [3.8, 4) is 0 Å². The van der Waals surface area contributed by atoms with Gasteiger partial charge in [-0.05, 0) is 32.1 Å². The minimum atomic E-state index is -0.999. The molecule has 732 valence electrons. The minimum absolute atomic E-state index is 0.0115. The fourth-order valence-electron chi connectivity index (χ4n) is 19.6. The zero-order valence-corrected chi connectivity index (χ0v) is 84.8. The molecule has 0 N–H and O–H groups in total. The first-order chi connectivity index (χ1) is 60.9. The summed E-state index contributed by atoms with van der Waals surface area (Å²) in [5.41, 5.74) is -0.999. The predicted octanol–water partition coefficient (Wildman–Crippen LogP) is 40.6. The second-order valence-corrected chi connectivity index (χ2v) is 41.2. The Morgan fingerprint density at radius 1 is 0.171 bits per heavy atom. The molecule has 1 aliphatic rings. The zero-order valence-electron chi connectivity index (χ0n) is 84.8. The molecule has 1 saturated carbocycles. The average Bonchev–Trinajstić information content (AvgIpc) is 0.850. The topological polar surface area (TPSA) is 88.1 Å². The number of hydrogen-bond acceptors (Lipinski definition) is 7. The van der Waals surface area contributed by atoms with E-state index in [0.29, 0.717) is 19.3 Å². The molecule has 7 nitrogen and oxygen atoms in total. The molecular formula is C116H226O7. The van der Waals surface area contributed by atoms with E-state index >= 15 is 0 Å². The maximum absolute atomic E-state index is 14.0. The lowest BCUT2D eigenvalue weighted by atomic mass is 9.91. The fourth-order valence-corrected chi connectivity index (χ4v) is 19.6. The van der Waals surface area contributed by atoms with Gasteiger partial charge in [0.15, 0.2) is 0 Å². The highest BCUT2D eigenvalue weighted by atomic mass is 16.6. The molecule has 7 heteroatoms. The molecule has 0 aromatic carbocycles. The number of esters is 3. The van der Waals surface area contributed by atoms with Crippen molar-refractivity contribution in [2.45, 2.75) is 695 Å². The fraction of sp³-hybridized carbons (Fsp3) is 0.974. The van der Waals surface area contributed by atoms with Gasteiger partial charge in [0.25, 0.3) is 0 Å². The van der Waals surface area contributed by atoms with E-state index in [2.05, 4.69) is 20.8 Å². The third-order valence-electron chi connectivity index (χ3n) is 28.5. The Morgan fingerprint density at radius 3 is 0.431 bits per heavy atom. The normalized spacial score (nSPS) is 14.8. The van der Waals surface area contributed by atoms with Gasteiger partial charge >= 0.3 is 17.9 Å². The molecule has 0 radical (unpaired) electrons. The Morgan fingerprint density at radius 2 is 0.293 bits per heavy atom. The Bertz CT molecular complexity index is 1810. The lowest BCUT2D eigenvalue weighted by Crippen LogP contribution is -2.44.